The molecule has 0 spiro atoms. The Labute approximate surface area is 172 Å². The predicted molar refractivity (Wildman–Crippen MR) is 116 cm³/mol. The SMILES string of the molecule is CCN(c1ccc(C(=O)NCCc2ccccc2)cc1)S(=O)(=O)c1ccccc1. The largest absolute Gasteiger partial charge is 0.352 e. The van der Waals surface area contributed by atoms with Crippen LogP contribution in [0.2, 0.25) is 0 Å². The Morgan fingerprint density at radius 3 is 2.03 bits per heavy atom. The molecule has 1 N–H and O–H groups in total. The Hall–Kier alpha value is -3.12. The zero-order valence-corrected chi connectivity index (χ0v) is 17.1. The van der Waals surface area contributed by atoms with Gasteiger partial charge in [0, 0.05) is 18.7 Å². The van der Waals surface area contributed by atoms with Crippen molar-refractivity contribution in [2.75, 3.05) is 17.4 Å². The van der Waals surface area contributed by atoms with Crippen molar-refractivity contribution in [3.63, 3.8) is 0 Å². The van der Waals surface area contributed by atoms with Crippen LogP contribution in [-0.2, 0) is 16.4 Å². The molecule has 3 aromatic carbocycles. The van der Waals surface area contributed by atoms with Gasteiger partial charge in [0.2, 0.25) is 0 Å². The number of anilines is 1. The first kappa shape index (κ1) is 20.6. The molecule has 0 aliphatic rings. The zero-order valence-electron chi connectivity index (χ0n) is 16.3. The fourth-order valence-corrected chi connectivity index (χ4v) is 4.55. The second-order valence-corrected chi connectivity index (χ2v) is 8.38. The van der Waals surface area contributed by atoms with Gasteiger partial charge in [-0.15, -0.1) is 0 Å². The van der Waals surface area contributed by atoms with Crippen molar-refractivity contribution in [3.05, 3.63) is 96.1 Å². The molecular formula is C23H24N2O3S. The molecule has 3 rings (SSSR count). The summed E-state index contributed by atoms with van der Waals surface area (Å²) in [5.74, 6) is -0.179. The number of benzene rings is 3. The molecule has 6 heteroatoms. The molecule has 0 bridgehead atoms. The molecule has 0 aliphatic carbocycles. The van der Waals surface area contributed by atoms with Crippen LogP contribution in [0.25, 0.3) is 0 Å². The van der Waals surface area contributed by atoms with Crippen LogP contribution < -0.4 is 9.62 Å². The van der Waals surface area contributed by atoms with Gasteiger partial charge in [-0.2, -0.15) is 0 Å². The Morgan fingerprint density at radius 1 is 0.862 bits per heavy atom. The van der Waals surface area contributed by atoms with Gasteiger partial charge < -0.3 is 5.32 Å². The summed E-state index contributed by atoms with van der Waals surface area (Å²) in [5, 5.41) is 2.90. The fraction of sp³-hybridized carbons (Fsp3) is 0.174. The summed E-state index contributed by atoms with van der Waals surface area (Å²) in [5.41, 5.74) is 2.18. The van der Waals surface area contributed by atoms with Gasteiger partial charge in [-0.3, -0.25) is 9.10 Å². The quantitative estimate of drug-likeness (QED) is 0.615. The highest BCUT2D eigenvalue weighted by Gasteiger charge is 2.23. The molecule has 3 aromatic rings. The number of rotatable bonds is 8. The lowest BCUT2D eigenvalue weighted by molar-refractivity contribution is 0.0954. The smallest absolute Gasteiger partial charge is 0.264 e. The second-order valence-electron chi connectivity index (χ2n) is 6.52. The number of amides is 1. The molecule has 29 heavy (non-hydrogen) atoms. The molecular weight excluding hydrogens is 384 g/mol. The second kappa shape index (κ2) is 9.39. The average Bonchev–Trinajstić information content (AvgIpc) is 2.76. The van der Waals surface area contributed by atoms with Crippen LogP contribution in [0.5, 0.6) is 0 Å². The summed E-state index contributed by atoms with van der Waals surface area (Å²) in [6.45, 7) is 2.61. The van der Waals surface area contributed by atoms with Gasteiger partial charge in [0.25, 0.3) is 15.9 Å². The van der Waals surface area contributed by atoms with Crippen LogP contribution in [0.3, 0.4) is 0 Å². The molecule has 0 aromatic heterocycles. The lowest BCUT2D eigenvalue weighted by Crippen LogP contribution is -2.31. The Kier molecular flexibility index (Phi) is 6.67. The maximum absolute atomic E-state index is 12.9. The van der Waals surface area contributed by atoms with E-state index in [1.807, 2.05) is 30.3 Å². The number of carbonyl (C=O) groups excluding carboxylic acids is 1. The first-order valence-electron chi connectivity index (χ1n) is 9.52. The van der Waals surface area contributed by atoms with E-state index in [1.54, 1.807) is 61.5 Å². The van der Waals surface area contributed by atoms with Gasteiger partial charge in [0.15, 0.2) is 0 Å². The topological polar surface area (TPSA) is 66.5 Å². The van der Waals surface area contributed by atoms with Crippen LogP contribution in [-0.4, -0.2) is 27.4 Å². The summed E-state index contributed by atoms with van der Waals surface area (Å²) < 4.78 is 27.1. The van der Waals surface area contributed by atoms with Gasteiger partial charge in [0.05, 0.1) is 10.6 Å². The summed E-state index contributed by atoms with van der Waals surface area (Å²) in [4.78, 5) is 12.6. The van der Waals surface area contributed by atoms with E-state index in [2.05, 4.69) is 5.32 Å². The molecule has 0 saturated carbocycles. The van der Waals surface area contributed by atoms with Gasteiger partial charge in [-0.25, -0.2) is 8.42 Å². The first-order chi connectivity index (χ1) is 14.0. The van der Waals surface area contributed by atoms with Crippen molar-refractivity contribution in [2.45, 2.75) is 18.2 Å². The number of nitrogens with one attached hydrogen (secondary N) is 1. The normalized spacial score (nSPS) is 11.1. The Morgan fingerprint density at radius 2 is 1.45 bits per heavy atom. The lowest BCUT2D eigenvalue weighted by atomic mass is 10.1. The molecule has 0 radical (unpaired) electrons. The first-order valence-corrected chi connectivity index (χ1v) is 11.0. The number of sulfonamides is 1. The third kappa shape index (κ3) is 5.03. The summed E-state index contributed by atoms with van der Waals surface area (Å²) in [6, 6.07) is 24.9. The van der Waals surface area contributed by atoms with Crippen molar-refractivity contribution in [1.29, 1.82) is 0 Å². The highest BCUT2D eigenvalue weighted by atomic mass is 32.2. The highest BCUT2D eigenvalue weighted by Crippen LogP contribution is 2.23. The van der Waals surface area contributed by atoms with E-state index in [4.69, 9.17) is 0 Å². The minimum atomic E-state index is -3.65. The standard InChI is InChI=1S/C23H24N2O3S/c1-2-25(29(27,28)22-11-7-4-8-12-22)21-15-13-20(14-16-21)23(26)24-18-17-19-9-5-3-6-10-19/h3-16H,2,17-18H2,1H3,(H,24,26). The van der Waals surface area contributed by atoms with Crippen molar-refractivity contribution >= 4 is 21.6 Å². The number of hydrogen-bond acceptors (Lipinski definition) is 3. The molecule has 150 valence electrons. The van der Waals surface area contributed by atoms with E-state index in [0.717, 1.165) is 12.0 Å². The van der Waals surface area contributed by atoms with Crippen molar-refractivity contribution < 1.29 is 13.2 Å². The molecule has 5 nitrogen and oxygen atoms in total. The van der Waals surface area contributed by atoms with Gasteiger partial charge in [-0.1, -0.05) is 48.5 Å². The minimum absolute atomic E-state index is 0.179. The maximum Gasteiger partial charge on any atom is 0.264 e. The highest BCUT2D eigenvalue weighted by molar-refractivity contribution is 7.92. The molecule has 0 fully saturated rings. The molecule has 0 atom stereocenters. The van der Waals surface area contributed by atoms with E-state index < -0.39 is 10.0 Å². The number of nitrogens with zero attached hydrogens (tertiary/aromatic N) is 1. The van der Waals surface area contributed by atoms with E-state index >= 15 is 0 Å². The van der Waals surface area contributed by atoms with Crippen LogP contribution in [0.15, 0.2) is 89.8 Å². The van der Waals surface area contributed by atoms with Crippen LogP contribution >= 0.6 is 0 Å². The molecule has 0 saturated heterocycles. The van der Waals surface area contributed by atoms with E-state index in [0.29, 0.717) is 24.3 Å². The third-order valence-corrected chi connectivity index (χ3v) is 6.50. The van der Waals surface area contributed by atoms with E-state index in [-0.39, 0.29) is 10.8 Å². The maximum atomic E-state index is 12.9. The number of carbonyl (C=O) groups is 1. The Balaban J connectivity index is 1.67. The summed E-state index contributed by atoms with van der Waals surface area (Å²) in [6.07, 6.45) is 0.754. The summed E-state index contributed by atoms with van der Waals surface area (Å²) in [7, 11) is -3.65. The van der Waals surface area contributed by atoms with Crippen LogP contribution in [0.4, 0.5) is 5.69 Å². The monoisotopic (exact) mass is 408 g/mol. The molecule has 1 amide bonds. The predicted octanol–water partition coefficient (Wildman–Crippen LogP) is 3.87. The number of hydrogen-bond donors (Lipinski definition) is 1. The van der Waals surface area contributed by atoms with Crippen molar-refractivity contribution in [1.82, 2.24) is 5.32 Å². The lowest BCUT2D eigenvalue weighted by Gasteiger charge is -2.23. The van der Waals surface area contributed by atoms with Crippen LogP contribution in [0.1, 0.15) is 22.8 Å². The van der Waals surface area contributed by atoms with Gasteiger partial charge in [-0.05, 0) is 55.3 Å². The summed E-state index contributed by atoms with van der Waals surface area (Å²) >= 11 is 0. The molecule has 0 aliphatic heterocycles. The van der Waals surface area contributed by atoms with E-state index in [1.165, 1.54) is 4.31 Å². The average molecular weight is 409 g/mol. The third-order valence-electron chi connectivity index (χ3n) is 4.58. The minimum Gasteiger partial charge on any atom is -0.352 e. The van der Waals surface area contributed by atoms with Crippen molar-refractivity contribution in [2.24, 2.45) is 0 Å². The van der Waals surface area contributed by atoms with Crippen LogP contribution in [0, 0.1) is 0 Å². The molecule has 0 unspecified atom stereocenters. The van der Waals surface area contributed by atoms with Gasteiger partial charge in [0.1, 0.15) is 0 Å². The Bertz CT molecular complexity index is 1030. The molecule has 0 heterocycles. The zero-order chi connectivity index (χ0) is 20.7. The van der Waals surface area contributed by atoms with Crippen molar-refractivity contribution in [3.8, 4) is 0 Å². The van der Waals surface area contributed by atoms with E-state index in [9.17, 15) is 13.2 Å². The van der Waals surface area contributed by atoms with Gasteiger partial charge >= 0.3 is 0 Å². The fourth-order valence-electron chi connectivity index (χ4n) is 3.06.